The highest BCUT2D eigenvalue weighted by Gasteiger charge is 2.40. The summed E-state index contributed by atoms with van der Waals surface area (Å²) < 4.78 is 24.4. The summed E-state index contributed by atoms with van der Waals surface area (Å²) in [5.41, 5.74) is 10.5. The van der Waals surface area contributed by atoms with Crippen LogP contribution in [0.2, 0.25) is 5.02 Å². The molecule has 1 aliphatic rings. The van der Waals surface area contributed by atoms with Gasteiger partial charge in [-0.2, -0.15) is 0 Å². The first-order valence-electron chi connectivity index (χ1n) is 7.75. The van der Waals surface area contributed by atoms with Crippen molar-refractivity contribution >= 4 is 57.9 Å². The Labute approximate surface area is 167 Å². The lowest BCUT2D eigenvalue weighted by Gasteiger charge is -2.13. The minimum Gasteiger partial charge on any atom is -0.455 e. The van der Waals surface area contributed by atoms with Gasteiger partial charge in [0, 0.05) is 5.56 Å². The molecular weight excluding hydrogens is 413 g/mol. The Morgan fingerprint density at radius 1 is 1.29 bits per heavy atom. The Hall–Kier alpha value is -2.95. The van der Waals surface area contributed by atoms with Crippen molar-refractivity contribution in [3.8, 4) is 0 Å². The molecular formula is C17H13ClFN3O5S. The van der Waals surface area contributed by atoms with Gasteiger partial charge in [0.1, 0.15) is 5.82 Å². The van der Waals surface area contributed by atoms with E-state index < -0.39 is 30.5 Å². The van der Waals surface area contributed by atoms with Crippen molar-refractivity contribution in [1.82, 2.24) is 0 Å². The number of amides is 3. The summed E-state index contributed by atoms with van der Waals surface area (Å²) in [5.74, 6) is -2.34. The molecule has 0 bridgehead atoms. The van der Waals surface area contributed by atoms with Crippen LogP contribution in [0.15, 0.2) is 29.6 Å². The fourth-order valence-corrected chi connectivity index (χ4v) is 3.47. The second kappa shape index (κ2) is 7.97. The number of nitrogens with two attached hydrogens (primary N) is 2. The van der Waals surface area contributed by atoms with Crippen molar-refractivity contribution in [3.63, 3.8) is 0 Å². The first-order chi connectivity index (χ1) is 13.3. The number of carbonyl (C=O) groups is 3. The number of nitrogens with zero attached hydrogens (tertiary/aromatic N) is 1. The maximum Gasteiger partial charge on any atom is 0.326 e. The maximum absolute atomic E-state index is 14.1. The van der Waals surface area contributed by atoms with E-state index in [-0.39, 0.29) is 34.2 Å². The summed E-state index contributed by atoms with van der Waals surface area (Å²) in [6.45, 7) is -0.892. The van der Waals surface area contributed by atoms with E-state index in [0.717, 1.165) is 12.1 Å². The van der Waals surface area contributed by atoms with Gasteiger partial charge in [0.15, 0.2) is 5.76 Å². The van der Waals surface area contributed by atoms with Gasteiger partial charge in [-0.15, -0.1) is 11.3 Å². The average Bonchev–Trinajstić information content (AvgIpc) is 3.26. The highest BCUT2D eigenvalue weighted by molar-refractivity contribution is 7.11. The second-order valence-electron chi connectivity index (χ2n) is 5.43. The SMILES string of the molecule is NCC(=O)OCO/C(=C1/C(=O)N(C(N)=O)c2cc(Cl)c(F)cc21)c1cccs1. The lowest BCUT2D eigenvalue weighted by atomic mass is 10.0. The summed E-state index contributed by atoms with van der Waals surface area (Å²) in [5, 5.41) is 1.44. The number of urea groups is 1. The van der Waals surface area contributed by atoms with Crippen molar-refractivity contribution in [3.05, 3.63) is 50.9 Å². The molecule has 1 aromatic heterocycles. The van der Waals surface area contributed by atoms with E-state index in [1.807, 2.05) is 0 Å². The van der Waals surface area contributed by atoms with Gasteiger partial charge in [0.05, 0.1) is 27.7 Å². The van der Waals surface area contributed by atoms with Gasteiger partial charge in [-0.3, -0.25) is 9.59 Å². The van der Waals surface area contributed by atoms with Crippen molar-refractivity contribution in [1.29, 1.82) is 0 Å². The third-order valence-corrected chi connectivity index (χ3v) is 4.91. The normalized spacial score (nSPS) is 14.7. The first kappa shape index (κ1) is 19.8. The van der Waals surface area contributed by atoms with Gasteiger partial charge in [-0.1, -0.05) is 17.7 Å². The molecule has 28 heavy (non-hydrogen) atoms. The Kier molecular flexibility index (Phi) is 5.63. The molecule has 0 unspecified atom stereocenters. The summed E-state index contributed by atoms with van der Waals surface area (Å²) in [6.07, 6.45) is 0. The van der Waals surface area contributed by atoms with Crippen LogP contribution in [0.5, 0.6) is 0 Å². The van der Waals surface area contributed by atoms with Gasteiger partial charge >= 0.3 is 12.0 Å². The zero-order chi connectivity index (χ0) is 20.4. The molecule has 0 radical (unpaired) electrons. The van der Waals surface area contributed by atoms with Crippen LogP contribution in [0.3, 0.4) is 0 Å². The summed E-state index contributed by atoms with van der Waals surface area (Å²) in [7, 11) is 0. The number of fused-ring (bicyclic) bond motifs is 1. The predicted molar refractivity (Wildman–Crippen MR) is 101 cm³/mol. The van der Waals surface area contributed by atoms with Crippen molar-refractivity contribution < 1.29 is 28.2 Å². The Balaban J connectivity index is 2.16. The van der Waals surface area contributed by atoms with E-state index in [4.69, 9.17) is 32.5 Å². The highest BCUT2D eigenvalue weighted by atomic mass is 35.5. The molecule has 3 amide bonds. The molecule has 0 saturated carbocycles. The summed E-state index contributed by atoms with van der Waals surface area (Å²) in [4.78, 5) is 37.1. The van der Waals surface area contributed by atoms with Crippen LogP contribution >= 0.6 is 22.9 Å². The van der Waals surface area contributed by atoms with Gasteiger partial charge in [-0.05, 0) is 23.6 Å². The summed E-state index contributed by atoms with van der Waals surface area (Å²) in [6, 6.07) is 4.41. The number of thiophene rings is 1. The van der Waals surface area contributed by atoms with E-state index >= 15 is 0 Å². The number of imide groups is 1. The number of benzene rings is 1. The number of esters is 1. The van der Waals surface area contributed by atoms with Crippen LogP contribution in [0.25, 0.3) is 11.3 Å². The molecule has 0 spiro atoms. The van der Waals surface area contributed by atoms with Crippen LogP contribution in [-0.2, 0) is 19.1 Å². The molecule has 2 heterocycles. The standard InChI is InChI=1S/C17H13ClFN3O5S/c18-9-5-11-8(4-10(9)19)14(16(24)22(11)17(21)25)15(12-2-1-3-28-12)27-7-26-13(23)6-20/h1-5H,6-7,20H2,(H2,21,25)/b15-14+. The molecule has 2 aromatic rings. The molecule has 1 aliphatic heterocycles. The van der Waals surface area contributed by atoms with Gasteiger partial charge in [0.25, 0.3) is 5.91 Å². The minimum atomic E-state index is -1.07. The van der Waals surface area contributed by atoms with E-state index in [0.29, 0.717) is 9.78 Å². The maximum atomic E-state index is 14.1. The van der Waals surface area contributed by atoms with Gasteiger partial charge < -0.3 is 20.9 Å². The van der Waals surface area contributed by atoms with Crippen LogP contribution < -0.4 is 16.4 Å². The van der Waals surface area contributed by atoms with Crippen molar-refractivity contribution in [2.75, 3.05) is 18.2 Å². The molecule has 0 fully saturated rings. The Bertz CT molecular complexity index is 993. The molecule has 1 aromatic carbocycles. The predicted octanol–water partition coefficient (Wildman–Crippen LogP) is 2.31. The third kappa shape index (κ3) is 3.57. The number of carbonyl (C=O) groups excluding carboxylic acids is 3. The number of primary amides is 1. The molecule has 11 heteroatoms. The molecule has 146 valence electrons. The fourth-order valence-electron chi connectivity index (χ4n) is 2.58. The fraction of sp³-hybridized carbons (Fsp3) is 0.118. The smallest absolute Gasteiger partial charge is 0.326 e. The molecule has 8 nitrogen and oxygen atoms in total. The number of halogens is 2. The number of hydrogen-bond donors (Lipinski definition) is 2. The van der Waals surface area contributed by atoms with Crippen LogP contribution in [0, 0.1) is 5.82 Å². The Morgan fingerprint density at radius 2 is 2.04 bits per heavy atom. The monoisotopic (exact) mass is 425 g/mol. The third-order valence-electron chi connectivity index (χ3n) is 3.75. The second-order valence-corrected chi connectivity index (χ2v) is 6.78. The lowest BCUT2D eigenvalue weighted by molar-refractivity contribution is -0.149. The average molecular weight is 426 g/mol. The Morgan fingerprint density at radius 3 is 2.64 bits per heavy atom. The quantitative estimate of drug-likeness (QED) is 0.328. The zero-order valence-corrected chi connectivity index (χ0v) is 15.7. The number of ether oxygens (including phenoxy) is 2. The van der Waals surface area contributed by atoms with Gasteiger partial charge in [0.2, 0.25) is 6.79 Å². The van der Waals surface area contributed by atoms with E-state index in [2.05, 4.69) is 0 Å². The van der Waals surface area contributed by atoms with Crippen LogP contribution in [0.4, 0.5) is 14.9 Å². The molecule has 0 atom stereocenters. The van der Waals surface area contributed by atoms with E-state index in [1.54, 1.807) is 17.5 Å². The van der Waals surface area contributed by atoms with Crippen molar-refractivity contribution in [2.24, 2.45) is 11.5 Å². The number of anilines is 1. The van der Waals surface area contributed by atoms with Crippen LogP contribution in [0.1, 0.15) is 10.4 Å². The number of rotatable bonds is 5. The van der Waals surface area contributed by atoms with Gasteiger partial charge in [-0.25, -0.2) is 14.1 Å². The van der Waals surface area contributed by atoms with E-state index in [9.17, 15) is 18.8 Å². The van der Waals surface area contributed by atoms with Crippen LogP contribution in [-0.4, -0.2) is 31.2 Å². The number of hydrogen-bond acceptors (Lipinski definition) is 7. The lowest BCUT2D eigenvalue weighted by Crippen LogP contribution is -2.38. The first-order valence-corrected chi connectivity index (χ1v) is 9.00. The van der Waals surface area contributed by atoms with E-state index in [1.165, 1.54) is 11.3 Å². The zero-order valence-electron chi connectivity index (χ0n) is 14.1. The highest BCUT2D eigenvalue weighted by Crippen LogP contribution is 2.43. The molecule has 0 aliphatic carbocycles. The minimum absolute atomic E-state index is 0.00320. The molecule has 4 N–H and O–H groups in total. The molecule has 3 rings (SSSR count). The van der Waals surface area contributed by atoms with Crippen molar-refractivity contribution in [2.45, 2.75) is 0 Å². The largest absolute Gasteiger partial charge is 0.455 e. The molecule has 0 saturated heterocycles. The summed E-state index contributed by atoms with van der Waals surface area (Å²) >= 11 is 7.01. The topological polar surface area (TPSA) is 125 Å².